The summed E-state index contributed by atoms with van der Waals surface area (Å²) in [5.74, 6) is -0.328. The minimum Gasteiger partial charge on any atom is -0.399 e. The van der Waals surface area contributed by atoms with Crippen LogP contribution in [0.15, 0.2) is 53.3 Å². The summed E-state index contributed by atoms with van der Waals surface area (Å²) in [6.45, 7) is 0.246. The first-order valence-corrected chi connectivity index (χ1v) is 8.23. The van der Waals surface area contributed by atoms with Gasteiger partial charge in [-0.1, -0.05) is 35.3 Å². The van der Waals surface area contributed by atoms with E-state index in [1.165, 1.54) is 22.9 Å². The first kappa shape index (κ1) is 17.5. The number of aromatic nitrogens is 2. The van der Waals surface area contributed by atoms with Gasteiger partial charge in [0.15, 0.2) is 0 Å². The molecule has 0 amide bonds. The number of nitrogen functional groups attached to an aromatic ring is 1. The van der Waals surface area contributed by atoms with Gasteiger partial charge in [0.2, 0.25) is 0 Å². The van der Waals surface area contributed by atoms with Crippen molar-refractivity contribution in [3.05, 3.63) is 91.6 Å². The highest BCUT2D eigenvalue weighted by atomic mass is 35.5. The van der Waals surface area contributed by atoms with E-state index in [9.17, 15) is 9.18 Å². The Morgan fingerprint density at radius 1 is 1.04 bits per heavy atom. The molecule has 1 heterocycles. The van der Waals surface area contributed by atoms with E-state index in [2.05, 4.69) is 5.10 Å². The van der Waals surface area contributed by atoms with Crippen molar-refractivity contribution in [1.82, 2.24) is 9.78 Å². The molecule has 2 aromatic carbocycles. The molecule has 0 spiro atoms. The van der Waals surface area contributed by atoms with Crippen molar-refractivity contribution in [3.63, 3.8) is 0 Å². The molecule has 3 rings (SSSR count). The molecule has 0 aliphatic heterocycles. The fourth-order valence-electron chi connectivity index (χ4n) is 2.43. The lowest BCUT2D eigenvalue weighted by Crippen LogP contribution is -2.23. The highest BCUT2D eigenvalue weighted by molar-refractivity contribution is 6.36. The topological polar surface area (TPSA) is 60.9 Å². The molecule has 0 aliphatic rings. The van der Waals surface area contributed by atoms with E-state index in [0.717, 1.165) is 5.56 Å². The van der Waals surface area contributed by atoms with E-state index in [1.807, 2.05) is 0 Å². The van der Waals surface area contributed by atoms with Gasteiger partial charge in [-0.15, -0.1) is 0 Å². The van der Waals surface area contributed by atoms with Crippen LogP contribution in [0.25, 0.3) is 0 Å². The summed E-state index contributed by atoms with van der Waals surface area (Å²) in [7, 11) is 0. The van der Waals surface area contributed by atoms with Crippen LogP contribution in [-0.2, 0) is 13.0 Å². The molecule has 3 aromatic rings. The predicted molar refractivity (Wildman–Crippen MR) is 97.7 cm³/mol. The normalized spacial score (nSPS) is 10.8. The van der Waals surface area contributed by atoms with E-state index >= 15 is 0 Å². The maximum atomic E-state index is 13.0. The summed E-state index contributed by atoms with van der Waals surface area (Å²) < 4.78 is 14.3. The molecule has 2 N–H and O–H groups in total. The number of hydrogen-bond donors (Lipinski definition) is 1. The Bertz CT molecular complexity index is 948. The largest absolute Gasteiger partial charge is 0.399 e. The van der Waals surface area contributed by atoms with Crippen LogP contribution in [0, 0.1) is 5.82 Å². The van der Waals surface area contributed by atoms with Crippen LogP contribution in [0.3, 0.4) is 0 Å². The highest BCUT2D eigenvalue weighted by Crippen LogP contribution is 2.29. The Balaban J connectivity index is 1.89. The second kappa shape index (κ2) is 7.25. The SMILES string of the molecule is Nc1cc(Cl)c(Cc2ccc(=O)n(Cc3ccc(F)cc3)n2)c(Cl)c1. The highest BCUT2D eigenvalue weighted by Gasteiger charge is 2.10. The first-order valence-electron chi connectivity index (χ1n) is 7.47. The van der Waals surface area contributed by atoms with Crippen molar-refractivity contribution in [3.8, 4) is 0 Å². The summed E-state index contributed by atoms with van der Waals surface area (Å²) in [6.07, 6.45) is 0.363. The van der Waals surface area contributed by atoms with Crippen molar-refractivity contribution in [2.75, 3.05) is 5.73 Å². The molecule has 25 heavy (non-hydrogen) atoms. The molecule has 4 nitrogen and oxygen atoms in total. The second-order valence-electron chi connectivity index (χ2n) is 5.59. The number of halogens is 3. The molecule has 0 atom stereocenters. The Kier molecular flexibility index (Phi) is 5.06. The van der Waals surface area contributed by atoms with Crippen molar-refractivity contribution < 1.29 is 4.39 Å². The summed E-state index contributed by atoms with van der Waals surface area (Å²) in [5.41, 5.74) is 8.04. The van der Waals surface area contributed by atoms with Gasteiger partial charge in [0.25, 0.3) is 5.56 Å². The number of anilines is 1. The minimum absolute atomic E-state index is 0.246. The molecule has 7 heteroatoms. The Morgan fingerprint density at radius 3 is 2.32 bits per heavy atom. The first-order chi connectivity index (χ1) is 11.9. The van der Waals surface area contributed by atoms with Gasteiger partial charge in [-0.2, -0.15) is 5.10 Å². The van der Waals surface area contributed by atoms with Gasteiger partial charge in [-0.05, 0) is 41.5 Å². The van der Waals surface area contributed by atoms with Crippen LogP contribution in [0.4, 0.5) is 10.1 Å². The summed E-state index contributed by atoms with van der Waals surface area (Å²) in [5, 5.41) is 5.25. The monoisotopic (exact) mass is 377 g/mol. The van der Waals surface area contributed by atoms with E-state index in [0.29, 0.717) is 33.4 Å². The molecule has 128 valence electrons. The van der Waals surface area contributed by atoms with Crippen molar-refractivity contribution >= 4 is 28.9 Å². The number of rotatable bonds is 4. The third-order valence-electron chi connectivity index (χ3n) is 3.69. The minimum atomic E-state index is -0.328. The quantitative estimate of drug-likeness (QED) is 0.701. The van der Waals surface area contributed by atoms with Crippen molar-refractivity contribution in [1.29, 1.82) is 0 Å². The van der Waals surface area contributed by atoms with Gasteiger partial charge < -0.3 is 5.73 Å². The summed E-state index contributed by atoms with van der Waals surface area (Å²) in [6, 6.07) is 12.2. The lowest BCUT2D eigenvalue weighted by molar-refractivity contribution is 0.612. The molecule has 0 radical (unpaired) electrons. The Labute approximate surface area is 153 Å². The average molecular weight is 378 g/mol. The maximum absolute atomic E-state index is 13.0. The third kappa shape index (κ3) is 4.18. The fourth-order valence-corrected chi connectivity index (χ4v) is 3.07. The van der Waals surface area contributed by atoms with Gasteiger partial charge in [-0.25, -0.2) is 9.07 Å². The second-order valence-corrected chi connectivity index (χ2v) is 6.40. The standard InChI is InChI=1S/C18H14Cl2FN3O/c19-16-7-13(22)8-17(20)15(16)9-14-5-6-18(25)24(23-14)10-11-1-3-12(21)4-2-11/h1-8H,9-10,22H2. The fraction of sp³-hybridized carbons (Fsp3) is 0.111. The van der Waals surface area contributed by atoms with Crippen LogP contribution < -0.4 is 11.3 Å². The molecule has 0 saturated heterocycles. The van der Waals surface area contributed by atoms with E-state index in [-0.39, 0.29) is 17.9 Å². The van der Waals surface area contributed by atoms with Crippen LogP contribution in [0.1, 0.15) is 16.8 Å². The van der Waals surface area contributed by atoms with Gasteiger partial charge in [0.1, 0.15) is 5.82 Å². The Morgan fingerprint density at radius 2 is 1.68 bits per heavy atom. The number of hydrogen-bond acceptors (Lipinski definition) is 3. The maximum Gasteiger partial charge on any atom is 0.267 e. The van der Waals surface area contributed by atoms with Gasteiger partial charge in [-0.3, -0.25) is 4.79 Å². The lowest BCUT2D eigenvalue weighted by atomic mass is 10.1. The molecular formula is C18H14Cl2FN3O. The zero-order valence-corrected chi connectivity index (χ0v) is 14.6. The molecule has 0 bridgehead atoms. The smallest absolute Gasteiger partial charge is 0.267 e. The van der Waals surface area contributed by atoms with Crippen molar-refractivity contribution in [2.24, 2.45) is 0 Å². The van der Waals surface area contributed by atoms with Gasteiger partial charge in [0, 0.05) is 28.2 Å². The van der Waals surface area contributed by atoms with Crippen LogP contribution >= 0.6 is 23.2 Å². The van der Waals surface area contributed by atoms with Crippen LogP contribution in [0.5, 0.6) is 0 Å². The Hall–Kier alpha value is -2.37. The number of nitrogens with zero attached hydrogens (tertiary/aromatic N) is 2. The molecule has 0 unspecified atom stereocenters. The van der Waals surface area contributed by atoms with Gasteiger partial charge >= 0.3 is 0 Å². The zero-order chi connectivity index (χ0) is 18.0. The van der Waals surface area contributed by atoms with E-state index < -0.39 is 0 Å². The number of nitrogens with two attached hydrogens (primary N) is 1. The zero-order valence-electron chi connectivity index (χ0n) is 13.0. The molecule has 0 saturated carbocycles. The average Bonchev–Trinajstić information content (AvgIpc) is 2.56. The summed E-state index contributed by atoms with van der Waals surface area (Å²) >= 11 is 12.4. The number of benzene rings is 2. The van der Waals surface area contributed by atoms with E-state index in [4.69, 9.17) is 28.9 Å². The molecular weight excluding hydrogens is 364 g/mol. The van der Waals surface area contributed by atoms with Crippen molar-refractivity contribution in [2.45, 2.75) is 13.0 Å². The third-order valence-corrected chi connectivity index (χ3v) is 4.36. The van der Waals surface area contributed by atoms with Gasteiger partial charge in [0.05, 0.1) is 12.2 Å². The lowest BCUT2D eigenvalue weighted by Gasteiger charge is -2.10. The van der Waals surface area contributed by atoms with Crippen LogP contribution in [-0.4, -0.2) is 9.78 Å². The molecule has 0 aliphatic carbocycles. The predicted octanol–water partition coefficient (Wildman–Crippen LogP) is 3.91. The van der Waals surface area contributed by atoms with E-state index in [1.54, 1.807) is 30.3 Å². The summed E-state index contributed by atoms with van der Waals surface area (Å²) in [4.78, 5) is 12.0. The molecule has 1 aromatic heterocycles. The molecule has 0 fully saturated rings. The van der Waals surface area contributed by atoms with Crippen LogP contribution in [0.2, 0.25) is 10.0 Å².